The first-order chi connectivity index (χ1) is 12.8. The Bertz CT molecular complexity index is 1060. The Labute approximate surface area is 159 Å². The molecule has 7 heteroatoms. The smallest absolute Gasteiger partial charge is 0.244 e. The fourth-order valence-corrected chi connectivity index (χ4v) is 4.26. The van der Waals surface area contributed by atoms with Crippen molar-refractivity contribution in [2.75, 3.05) is 13.2 Å². The van der Waals surface area contributed by atoms with E-state index in [0.717, 1.165) is 16.5 Å². The standard InChI is InChI=1S/C20H24N2O4S/c1-4-26-19-8-5-14(2)11-20(19)27(24,25)21-13-18(23)16-6-7-17-15(12-16)9-10-22(17)3/h5-12,18,21,23H,4,13H2,1-3H3/t18-/m0/s1. The Morgan fingerprint density at radius 2 is 1.96 bits per heavy atom. The van der Waals surface area contributed by atoms with Gasteiger partial charge in [-0.25, -0.2) is 13.1 Å². The third kappa shape index (κ3) is 4.16. The summed E-state index contributed by atoms with van der Waals surface area (Å²) < 4.78 is 35.4. The molecule has 0 aliphatic rings. The number of rotatable bonds is 7. The van der Waals surface area contributed by atoms with E-state index < -0.39 is 16.1 Å². The molecule has 6 nitrogen and oxygen atoms in total. The van der Waals surface area contributed by atoms with Crippen LogP contribution >= 0.6 is 0 Å². The van der Waals surface area contributed by atoms with Crippen LogP contribution in [-0.4, -0.2) is 31.2 Å². The molecule has 0 amide bonds. The summed E-state index contributed by atoms with van der Waals surface area (Å²) in [6.07, 6.45) is 0.987. The molecule has 0 aliphatic carbocycles. The Kier molecular flexibility index (Phi) is 5.55. The molecule has 1 atom stereocenters. The van der Waals surface area contributed by atoms with E-state index in [1.807, 2.05) is 42.9 Å². The highest BCUT2D eigenvalue weighted by Crippen LogP contribution is 2.26. The number of hydrogen-bond donors (Lipinski definition) is 2. The quantitative estimate of drug-likeness (QED) is 0.652. The summed E-state index contributed by atoms with van der Waals surface area (Å²) in [5, 5.41) is 11.5. The fraction of sp³-hybridized carbons (Fsp3) is 0.300. The van der Waals surface area contributed by atoms with Gasteiger partial charge in [-0.15, -0.1) is 0 Å². The maximum Gasteiger partial charge on any atom is 0.244 e. The second kappa shape index (κ2) is 7.72. The molecule has 0 unspecified atom stereocenters. The minimum Gasteiger partial charge on any atom is -0.492 e. The van der Waals surface area contributed by atoms with Crippen molar-refractivity contribution in [1.29, 1.82) is 0 Å². The molecule has 0 bridgehead atoms. The van der Waals surface area contributed by atoms with E-state index >= 15 is 0 Å². The zero-order valence-electron chi connectivity index (χ0n) is 15.6. The Hall–Kier alpha value is -2.35. The Morgan fingerprint density at radius 1 is 1.19 bits per heavy atom. The molecule has 0 radical (unpaired) electrons. The summed E-state index contributed by atoms with van der Waals surface area (Å²) in [6.45, 7) is 3.86. The number of nitrogens with one attached hydrogen (secondary N) is 1. The van der Waals surface area contributed by atoms with Crippen molar-refractivity contribution in [2.24, 2.45) is 7.05 Å². The van der Waals surface area contributed by atoms with Gasteiger partial charge in [-0.1, -0.05) is 12.1 Å². The molecular formula is C20H24N2O4S. The maximum absolute atomic E-state index is 12.7. The van der Waals surface area contributed by atoms with E-state index in [-0.39, 0.29) is 11.4 Å². The summed E-state index contributed by atoms with van der Waals surface area (Å²) in [5.41, 5.74) is 2.52. The molecular weight excluding hydrogens is 364 g/mol. The van der Waals surface area contributed by atoms with Gasteiger partial charge in [0.1, 0.15) is 10.6 Å². The van der Waals surface area contributed by atoms with Crippen LogP contribution in [-0.2, 0) is 17.1 Å². The van der Waals surface area contributed by atoms with Gasteiger partial charge in [0.2, 0.25) is 10.0 Å². The number of nitrogens with zero attached hydrogens (tertiary/aromatic N) is 1. The SMILES string of the molecule is CCOc1ccc(C)cc1S(=O)(=O)NC[C@H](O)c1ccc2c(ccn2C)c1. The molecule has 0 spiro atoms. The third-order valence-corrected chi connectivity index (χ3v) is 5.89. The molecule has 0 fully saturated rings. The molecule has 0 saturated heterocycles. The van der Waals surface area contributed by atoms with E-state index in [9.17, 15) is 13.5 Å². The number of ether oxygens (including phenoxy) is 1. The number of aliphatic hydroxyl groups is 1. The molecule has 27 heavy (non-hydrogen) atoms. The van der Waals surface area contributed by atoms with E-state index in [1.54, 1.807) is 31.2 Å². The van der Waals surface area contributed by atoms with Crippen LogP contribution in [0.25, 0.3) is 10.9 Å². The van der Waals surface area contributed by atoms with Gasteiger partial charge in [0.15, 0.2) is 0 Å². The highest BCUT2D eigenvalue weighted by Gasteiger charge is 2.21. The molecule has 2 aromatic carbocycles. The summed E-state index contributed by atoms with van der Waals surface area (Å²) in [4.78, 5) is 0.0788. The van der Waals surface area contributed by atoms with Crippen LogP contribution in [0.15, 0.2) is 53.6 Å². The van der Waals surface area contributed by atoms with Gasteiger partial charge >= 0.3 is 0 Å². The van der Waals surface area contributed by atoms with Crippen molar-refractivity contribution in [3.63, 3.8) is 0 Å². The highest BCUT2D eigenvalue weighted by atomic mass is 32.2. The normalized spacial score (nSPS) is 13.0. The van der Waals surface area contributed by atoms with Crippen LogP contribution in [0.1, 0.15) is 24.2 Å². The van der Waals surface area contributed by atoms with E-state index in [4.69, 9.17) is 4.74 Å². The highest BCUT2D eigenvalue weighted by molar-refractivity contribution is 7.89. The predicted molar refractivity (Wildman–Crippen MR) is 105 cm³/mol. The summed E-state index contributed by atoms with van der Waals surface area (Å²) >= 11 is 0. The van der Waals surface area contributed by atoms with Gasteiger partial charge in [0.05, 0.1) is 12.7 Å². The van der Waals surface area contributed by atoms with Crippen LogP contribution in [0.3, 0.4) is 0 Å². The van der Waals surface area contributed by atoms with Crippen molar-refractivity contribution in [3.05, 3.63) is 59.8 Å². The van der Waals surface area contributed by atoms with Gasteiger partial charge in [-0.3, -0.25) is 0 Å². The zero-order chi connectivity index (χ0) is 19.6. The number of aliphatic hydroxyl groups excluding tert-OH is 1. The lowest BCUT2D eigenvalue weighted by molar-refractivity contribution is 0.182. The lowest BCUT2D eigenvalue weighted by Crippen LogP contribution is -2.29. The number of aromatic nitrogens is 1. The predicted octanol–water partition coefficient (Wildman–Crippen LogP) is 2.90. The molecule has 1 heterocycles. The second-order valence-electron chi connectivity index (χ2n) is 6.50. The minimum atomic E-state index is -3.82. The molecule has 1 aromatic heterocycles. The minimum absolute atomic E-state index is 0.0788. The van der Waals surface area contributed by atoms with Gasteiger partial charge in [-0.2, -0.15) is 0 Å². The van der Waals surface area contributed by atoms with Crippen molar-refractivity contribution in [1.82, 2.24) is 9.29 Å². The molecule has 2 N–H and O–H groups in total. The number of fused-ring (bicyclic) bond motifs is 1. The largest absolute Gasteiger partial charge is 0.492 e. The third-order valence-electron chi connectivity index (χ3n) is 4.45. The van der Waals surface area contributed by atoms with E-state index in [2.05, 4.69) is 4.72 Å². The summed E-state index contributed by atoms with van der Waals surface area (Å²) in [7, 11) is -1.87. The summed E-state index contributed by atoms with van der Waals surface area (Å²) in [5.74, 6) is 0.302. The fourth-order valence-electron chi connectivity index (χ4n) is 2.99. The number of aryl methyl sites for hydroxylation is 2. The molecule has 0 aliphatic heterocycles. The van der Waals surface area contributed by atoms with Gasteiger partial charge < -0.3 is 14.4 Å². The number of hydrogen-bond acceptors (Lipinski definition) is 4. The topological polar surface area (TPSA) is 80.6 Å². The van der Waals surface area contributed by atoms with Crippen LogP contribution in [0, 0.1) is 6.92 Å². The molecule has 0 saturated carbocycles. The van der Waals surface area contributed by atoms with Crippen LogP contribution in [0.2, 0.25) is 0 Å². The Morgan fingerprint density at radius 3 is 2.70 bits per heavy atom. The first kappa shape index (κ1) is 19.4. The lowest BCUT2D eigenvalue weighted by atomic mass is 10.1. The lowest BCUT2D eigenvalue weighted by Gasteiger charge is -2.15. The van der Waals surface area contributed by atoms with Crippen molar-refractivity contribution < 1.29 is 18.3 Å². The van der Waals surface area contributed by atoms with E-state index in [1.165, 1.54) is 0 Å². The Balaban J connectivity index is 1.79. The monoisotopic (exact) mass is 388 g/mol. The van der Waals surface area contributed by atoms with Crippen LogP contribution in [0.5, 0.6) is 5.75 Å². The summed E-state index contributed by atoms with van der Waals surface area (Å²) in [6, 6.07) is 12.6. The van der Waals surface area contributed by atoms with Crippen LogP contribution in [0.4, 0.5) is 0 Å². The molecule has 3 rings (SSSR count). The number of benzene rings is 2. The maximum atomic E-state index is 12.7. The van der Waals surface area contributed by atoms with Gasteiger partial charge in [0, 0.05) is 25.3 Å². The first-order valence-electron chi connectivity index (χ1n) is 8.78. The number of sulfonamides is 1. The molecule has 144 valence electrons. The van der Waals surface area contributed by atoms with Crippen molar-refractivity contribution in [2.45, 2.75) is 24.8 Å². The van der Waals surface area contributed by atoms with Crippen LogP contribution < -0.4 is 9.46 Å². The van der Waals surface area contributed by atoms with Gasteiger partial charge in [-0.05, 0) is 60.7 Å². The van der Waals surface area contributed by atoms with Crippen molar-refractivity contribution >= 4 is 20.9 Å². The average molecular weight is 388 g/mol. The molecule has 3 aromatic rings. The van der Waals surface area contributed by atoms with Gasteiger partial charge in [0.25, 0.3) is 0 Å². The first-order valence-corrected chi connectivity index (χ1v) is 10.3. The zero-order valence-corrected chi connectivity index (χ0v) is 16.5. The van der Waals surface area contributed by atoms with Crippen molar-refractivity contribution in [3.8, 4) is 5.75 Å². The average Bonchev–Trinajstić information content (AvgIpc) is 3.02. The second-order valence-corrected chi connectivity index (χ2v) is 8.23. The van der Waals surface area contributed by atoms with E-state index in [0.29, 0.717) is 17.9 Å².